The van der Waals surface area contributed by atoms with E-state index in [4.69, 9.17) is 31.9 Å². The van der Waals surface area contributed by atoms with Gasteiger partial charge in [0.25, 0.3) is 5.91 Å². The number of benzene rings is 2. The summed E-state index contributed by atoms with van der Waals surface area (Å²) >= 11 is 0. The van der Waals surface area contributed by atoms with Crippen molar-refractivity contribution < 1.29 is 19.2 Å². The van der Waals surface area contributed by atoms with Crippen LogP contribution in [0.15, 0.2) is 54.6 Å². The van der Waals surface area contributed by atoms with Crippen molar-refractivity contribution in [2.24, 2.45) is 11.5 Å². The Morgan fingerprint density at radius 2 is 1.77 bits per heavy atom. The van der Waals surface area contributed by atoms with Crippen molar-refractivity contribution in [2.45, 2.75) is 12.0 Å². The van der Waals surface area contributed by atoms with Gasteiger partial charge in [-0.15, -0.1) is 0 Å². The summed E-state index contributed by atoms with van der Waals surface area (Å²) in [5.74, 6) is -1.52. The summed E-state index contributed by atoms with van der Waals surface area (Å²) in [5.41, 5.74) is 14.4. The second-order valence-corrected chi connectivity index (χ2v) is 6.81. The van der Waals surface area contributed by atoms with Gasteiger partial charge in [-0.2, -0.15) is 0 Å². The Balaban J connectivity index is 1.95. The number of rotatable bonds is 7. The van der Waals surface area contributed by atoms with Crippen molar-refractivity contribution in [3.63, 3.8) is 0 Å². The first-order chi connectivity index (χ1) is 14.8. The third kappa shape index (κ3) is 4.54. The lowest BCUT2D eigenvalue weighted by molar-refractivity contribution is -0.154. The molecular formula is C21H22N6O4. The molecule has 160 valence electrons. The number of ether oxygens (including phenoxy) is 1. The lowest BCUT2D eigenvalue weighted by Crippen LogP contribution is -2.45. The van der Waals surface area contributed by atoms with Crippen LogP contribution in [0.4, 0.5) is 5.69 Å². The molecule has 2 aromatic carbocycles. The number of carbonyl (C=O) groups excluding carboxylic acids is 2. The molecule has 1 unspecified atom stereocenters. The number of esters is 1. The predicted molar refractivity (Wildman–Crippen MR) is 115 cm³/mol. The van der Waals surface area contributed by atoms with E-state index in [1.807, 2.05) is 0 Å². The van der Waals surface area contributed by atoms with Crippen LogP contribution in [0, 0.1) is 10.8 Å². The molecule has 0 spiro atoms. The molecule has 0 bridgehead atoms. The van der Waals surface area contributed by atoms with Crippen LogP contribution in [0.2, 0.25) is 0 Å². The van der Waals surface area contributed by atoms with Gasteiger partial charge in [0.05, 0.1) is 19.2 Å². The number of hydroxylamine groups is 1. The minimum absolute atomic E-state index is 0.0972. The van der Waals surface area contributed by atoms with E-state index in [1.54, 1.807) is 48.5 Å². The average molecular weight is 422 g/mol. The maximum absolute atomic E-state index is 13.1. The summed E-state index contributed by atoms with van der Waals surface area (Å²) in [6.45, 7) is 0. The third-order valence-electron chi connectivity index (χ3n) is 4.70. The van der Waals surface area contributed by atoms with Gasteiger partial charge in [-0.3, -0.25) is 30.7 Å². The molecular weight excluding hydrogens is 400 g/mol. The molecule has 2 aromatic rings. The number of hydrogen-bond acceptors (Lipinski definition) is 7. The number of hydrogen-bond donors (Lipinski definition) is 6. The van der Waals surface area contributed by atoms with E-state index in [2.05, 4.69) is 10.8 Å². The molecule has 0 saturated heterocycles. The van der Waals surface area contributed by atoms with Crippen molar-refractivity contribution in [3.8, 4) is 0 Å². The van der Waals surface area contributed by atoms with Gasteiger partial charge in [0.15, 0.2) is 0 Å². The second kappa shape index (κ2) is 8.67. The second-order valence-electron chi connectivity index (χ2n) is 6.81. The van der Waals surface area contributed by atoms with E-state index < -0.39 is 17.5 Å². The highest BCUT2D eigenvalue weighted by Gasteiger charge is 2.46. The van der Waals surface area contributed by atoms with Gasteiger partial charge in [-0.05, 0) is 30.3 Å². The molecule has 0 radical (unpaired) electrons. The van der Waals surface area contributed by atoms with Crippen LogP contribution in [0.1, 0.15) is 23.1 Å². The fourth-order valence-electron chi connectivity index (χ4n) is 3.06. The zero-order valence-corrected chi connectivity index (χ0v) is 16.7. The van der Waals surface area contributed by atoms with Crippen LogP contribution in [0.3, 0.4) is 0 Å². The molecule has 0 aliphatic carbocycles. The number of nitrogens with two attached hydrogens (primary N) is 2. The largest absolute Gasteiger partial charge is 0.469 e. The molecule has 1 amide bonds. The highest BCUT2D eigenvalue weighted by atomic mass is 16.7. The first-order valence-corrected chi connectivity index (χ1v) is 9.19. The molecule has 1 aliphatic rings. The van der Waals surface area contributed by atoms with Gasteiger partial charge in [0.1, 0.15) is 11.7 Å². The molecule has 1 atom stereocenters. The molecule has 10 nitrogen and oxygen atoms in total. The number of carbonyl (C=O) groups is 2. The number of amides is 1. The number of nitrogen functional groups attached to an aromatic ring is 2. The Morgan fingerprint density at radius 3 is 2.39 bits per heavy atom. The van der Waals surface area contributed by atoms with E-state index >= 15 is 0 Å². The first-order valence-electron chi connectivity index (χ1n) is 9.19. The van der Waals surface area contributed by atoms with Crippen LogP contribution >= 0.6 is 0 Å². The van der Waals surface area contributed by atoms with E-state index in [0.717, 1.165) is 0 Å². The van der Waals surface area contributed by atoms with Crippen LogP contribution in [-0.2, 0) is 19.2 Å². The van der Waals surface area contributed by atoms with Gasteiger partial charge in [-0.1, -0.05) is 24.3 Å². The first kappa shape index (κ1) is 21.5. The zero-order chi connectivity index (χ0) is 22.6. The van der Waals surface area contributed by atoms with E-state index in [0.29, 0.717) is 28.1 Å². The van der Waals surface area contributed by atoms with Crippen LogP contribution in [0.5, 0.6) is 0 Å². The van der Waals surface area contributed by atoms with Gasteiger partial charge < -0.3 is 21.5 Å². The van der Waals surface area contributed by atoms with Crippen molar-refractivity contribution in [2.75, 3.05) is 12.4 Å². The maximum atomic E-state index is 13.1. The molecule has 10 heteroatoms. The standard InChI is InChI=1S/C21H22N6O4/c1-30-17(28)11-21(20(29)26-13-8-6-12(7-9-13)18(22)23)10-16(27-31-21)14-4-2-3-5-15(14)19(24)25/h2-10,27H,11H2,1H3,(H3,22,23)(H3,24,25)(H,26,29). The van der Waals surface area contributed by atoms with Gasteiger partial charge in [0.2, 0.25) is 5.60 Å². The Bertz CT molecular complexity index is 1080. The fraction of sp³-hybridized carbons (Fsp3) is 0.143. The van der Waals surface area contributed by atoms with E-state index in [9.17, 15) is 9.59 Å². The molecule has 1 heterocycles. The summed E-state index contributed by atoms with van der Waals surface area (Å²) in [6.07, 6.45) is 1.07. The van der Waals surface area contributed by atoms with Crippen molar-refractivity contribution >= 4 is 34.9 Å². The van der Waals surface area contributed by atoms with E-state index in [-0.39, 0.29) is 18.1 Å². The van der Waals surface area contributed by atoms with E-state index in [1.165, 1.54) is 13.2 Å². The zero-order valence-electron chi connectivity index (χ0n) is 16.7. The molecule has 3 rings (SSSR count). The minimum atomic E-state index is -1.70. The molecule has 8 N–H and O–H groups in total. The fourth-order valence-corrected chi connectivity index (χ4v) is 3.06. The number of amidine groups is 2. The van der Waals surface area contributed by atoms with Gasteiger partial charge >= 0.3 is 5.97 Å². The molecule has 0 saturated carbocycles. The summed E-state index contributed by atoms with van der Waals surface area (Å²) < 4.78 is 4.73. The third-order valence-corrected chi connectivity index (χ3v) is 4.70. The van der Waals surface area contributed by atoms with Crippen molar-refractivity contribution in [3.05, 3.63) is 71.3 Å². The van der Waals surface area contributed by atoms with Crippen molar-refractivity contribution in [1.82, 2.24) is 5.48 Å². The van der Waals surface area contributed by atoms with Gasteiger partial charge in [-0.25, -0.2) is 0 Å². The summed E-state index contributed by atoms with van der Waals surface area (Å²) in [7, 11) is 1.21. The van der Waals surface area contributed by atoms with Crippen LogP contribution < -0.4 is 22.3 Å². The summed E-state index contributed by atoms with van der Waals surface area (Å²) in [4.78, 5) is 30.8. The summed E-state index contributed by atoms with van der Waals surface area (Å²) in [6, 6.07) is 13.2. The monoisotopic (exact) mass is 422 g/mol. The normalized spacial score (nSPS) is 17.3. The Hall–Kier alpha value is -4.18. The smallest absolute Gasteiger partial charge is 0.309 e. The summed E-state index contributed by atoms with van der Waals surface area (Å²) in [5, 5.41) is 17.9. The molecule has 31 heavy (non-hydrogen) atoms. The number of anilines is 1. The Morgan fingerprint density at radius 1 is 1.10 bits per heavy atom. The SMILES string of the molecule is COC(=O)CC1(C(=O)Nc2ccc(C(=N)N)cc2)C=C(c2ccccc2C(=N)N)NO1. The van der Waals surface area contributed by atoms with Crippen LogP contribution in [0.25, 0.3) is 5.70 Å². The Labute approximate surface area is 178 Å². The highest BCUT2D eigenvalue weighted by molar-refractivity contribution is 6.05. The maximum Gasteiger partial charge on any atom is 0.309 e. The predicted octanol–water partition coefficient (Wildman–Crippen LogP) is 1.07. The van der Waals surface area contributed by atoms with Crippen molar-refractivity contribution in [1.29, 1.82) is 10.8 Å². The molecule has 1 aliphatic heterocycles. The highest BCUT2D eigenvalue weighted by Crippen LogP contribution is 2.32. The average Bonchev–Trinajstić information content (AvgIpc) is 3.19. The number of nitrogens with one attached hydrogen (secondary N) is 4. The minimum Gasteiger partial charge on any atom is -0.469 e. The quantitative estimate of drug-likeness (QED) is 0.219. The lowest BCUT2D eigenvalue weighted by Gasteiger charge is -2.23. The number of methoxy groups -OCH3 is 1. The molecule has 0 aromatic heterocycles. The lowest BCUT2D eigenvalue weighted by atomic mass is 9.94. The van der Waals surface area contributed by atoms with Gasteiger partial charge in [0, 0.05) is 22.4 Å². The van der Waals surface area contributed by atoms with Crippen LogP contribution in [-0.4, -0.2) is 36.3 Å². The topological polar surface area (TPSA) is 176 Å². The Kier molecular flexibility index (Phi) is 6.02. The molecule has 0 fully saturated rings.